The van der Waals surface area contributed by atoms with Gasteiger partial charge in [0.1, 0.15) is 0 Å². The maximum absolute atomic E-state index is 9.10. The molecule has 14 heavy (non-hydrogen) atoms. The van der Waals surface area contributed by atoms with Gasteiger partial charge < -0.3 is 10.0 Å². The minimum Gasteiger partial charge on any atom is -0.423 e. The van der Waals surface area contributed by atoms with E-state index in [9.17, 15) is 0 Å². The van der Waals surface area contributed by atoms with Crippen molar-refractivity contribution in [3.05, 3.63) is 35.5 Å². The van der Waals surface area contributed by atoms with E-state index < -0.39 is 7.12 Å². The summed E-state index contributed by atoms with van der Waals surface area (Å²) in [5.41, 5.74) is 0.997. The van der Waals surface area contributed by atoms with Crippen LogP contribution in [0.25, 0.3) is 10.9 Å². The van der Waals surface area contributed by atoms with Crippen LogP contribution in [0.15, 0.2) is 30.5 Å². The van der Waals surface area contributed by atoms with Gasteiger partial charge in [0.25, 0.3) is 0 Å². The molecule has 70 valence electrons. The van der Waals surface area contributed by atoms with Gasteiger partial charge in [-0.15, -0.1) is 0 Å². The van der Waals surface area contributed by atoms with Crippen LogP contribution in [0.3, 0.4) is 0 Å². The summed E-state index contributed by atoms with van der Waals surface area (Å²) in [5, 5.41) is 19.4. The van der Waals surface area contributed by atoms with Crippen LogP contribution in [0, 0.1) is 0 Å². The lowest BCUT2D eigenvalue weighted by molar-refractivity contribution is 0.426. The smallest absolute Gasteiger partial charge is 0.423 e. The Morgan fingerprint density at radius 2 is 2.00 bits per heavy atom. The molecule has 0 unspecified atom stereocenters. The number of para-hydroxylation sites is 1. The zero-order chi connectivity index (χ0) is 10.1. The number of halogens is 1. The third kappa shape index (κ3) is 1.48. The monoisotopic (exact) mass is 207 g/mol. The Morgan fingerprint density at radius 3 is 2.71 bits per heavy atom. The molecule has 2 N–H and O–H groups in total. The van der Waals surface area contributed by atoms with Crippen LogP contribution in [-0.2, 0) is 0 Å². The van der Waals surface area contributed by atoms with Gasteiger partial charge in [0.05, 0.1) is 10.5 Å². The van der Waals surface area contributed by atoms with Crippen molar-refractivity contribution in [2.45, 2.75) is 0 Å². The van der Waals surface area contributed by atoms with E-state index in [0.29, 0.717) is 21.4 Å². The molecule has 2 aromatic rings. The second kappa shape index (κ2) is 3.57. The maximum Gasteiger partial charge on any atom is 0.489 e. The maximum atomic E-state index is 9.10. The van der Waals surface area contributed by atoms with Gasteiger partial charge in [-0.25, -0.2) is 0 Å². The van der Waals surface area contributed by atoms with Crippen molar-refractivity contribution in [3.8, 4) is 0 Å². The van der Waals surface area contributed by atoms with Gasteiger partial charge in [-0.05, 0) is 17.6 Å². The molecule has 0 bridgehead atoms. The molecular weight excluding hydrogens is 200 g/mol. The molecule has 0 aliphatic heterocycles. The molecule has 0 aliphatic carbocycles. The average molecular weight is 207 g/mol. The van der Waals surface area contributed by atoms with Gasteiger partial charge in [0.15, 0.2) is 0 Å². The third-order valence-corrected chi connectivity index (χ3v) is 2.34. The first-order valence-electron chi connectivity index (χ1n) is 4.09. The fourth-order valence-corrected chi connectivity index (χ4v) is 1.61. The molecule has 1 aromatic heterocycles. The first-order chi connectivity index (χ1) is 6.70. The van der Waals surface area contributed by atoms with E-state index >= 15 is 0 Å². The van der Waals surface area contributed by atoms with E-state index in [4.69, 9.17) is 21.6 Å². The summed E-state index contributed by atoms with van der Waals surface area (Å²) in [7, 11) is -1.50. The zero-order valence-electron chi connectivity index (χ0n) is 7.18. The highest BCUT2D eigenvalue weighted by Crippen LogP contribution is 2.19. The second-order valence-electron chi connectivity index (χ2n) is 2.91. The zero-order valence-corrected chi connectivity index (χ0v) is 7.94. The van der Waals surface area contributed by atoms with Crippen molar-refractivity contribution in [3.63, 3.8) is 0 Å². The third-order valence-electron chi connectivity index (χ3n) is 2.03. The number of pyridine rings is 1. The fourth-order valence-electron chi connectivity index (χ4n) is 1.39. The Hall–Kier alpha value is -1.10. The van der Waals surface area contributed by atoms with Crippen LogP contribution in [0.1, 0.15) is 0 Å². The first kappa shape index (κ1) is 9.46. The molecule has 0 amide bonds. The van der Waals surface area contributed by atoms with E-state index in [1.54, 1.807) is 24.3 Å². The normalized spacial score (nSPS) is 10.5. The van der Waals surface area contributed by atoms with Crippen LogP contribution in [-0.4, -0.2) is 22.2 Å². The fraction of sp³-hybridized carbons (Fsp3) is 0. The molecule has 5 heteroatoms. The van der Waals surface area contributed by atoms with E-state index in [0.717, 1.165) is 0 Å². The summed E-state index contributed by atoms with van der Waals surface area (Å²) < 4.78 is 0. The van der Waals surface area contributed by atoms with Crippen molar-refractivity contribution in [2.75, 3.05) is 0 Å². The van der Waals surface area contributed by atoms with Gasteiger partial charge in [-0.3, -0.25) is 4.98 Å². The Kier molecular flexibility index (Phi) is 2.41. The molecular formula is C9H7BClNO2. The Balaban J connectivity index is 2.81. The highest BCUT2D eigenvalue weighted by atomic mass is 35.5. The molecule has 0 spiro atoms. The first-order valence-corrected chi connectivity index (χ1v) is 4.47. The number of benzene rings is 1. The lowest BCUT2D eigenvalue weighted by Crippen LogP contribution is -2.30. The minimum atomic E-state index is -1.50. The summed E-state index contributed by atoms with van der Waals surface area (Å²) in [6.45, 7) is 0. The summed E-state index contributed by atoms with van der Waals surface area (Å²) in [6.07, 6.45) is 1.50. The van der Waals surface area contributed by atoms with Crippen molar-refractivity contribution < 1.29 is 10.0 Å². The predicted octanol–water partition coefficient (Wildman–Crippen LogP) is 0.568. The summed E-state index contributed by atoms with van der Waals surface area (Å²) >= 11 is 5.91. The molecule has 1 heterocycles. The number of hydrogen-bond donors (Lipinski definition) is 2. The van der Waals surface area contributed by atoms with Crippen molar-refractivity contribution in [1.29, 1.82) is 0 Å². The molecule has 0 saturated heterocycles. The largest absolute Gasteiger partial charge is 0.489 e. The topological polar surface area (TPSA) is 53.4 Å². The SMILES string of the molecule is OB(O)c1ccnc2c(Cl)cccc12. The quantitative estimate of drug-likeness (QED) is 0.672. The van der Waals surface area contributed by atoms with E-state index in [1.807, 2.05) is 0 Å². The molecule has 0 aliphatic rings. The van der Waals surface area contributed by atoms with Crippen molar-refractivity contribution in [2.24, 2.45) is 0 Å². The predicted molar refractivity (Wildman–Crippen MR) is 56.6 cm³/mol. The van der Waals surface area contributed by atoms with Gasteiger partial charge in [-0.2, -0.15) is 0 Å². The molecule has 1 aromatic carbocycles. The highest BCUT2D eigenvalue weighted by Gasteiger charge is 2.15. The minimum absolute atomic E-state index is 0.414. The molecule has 0 atom stereocenters. The number of hydrogen-bond acceptors (Lipinski definition) is 3. The lowest BCUT2D eigenvalue weighted by atomic mass is 9.78. The molecule has 2 rings (SSSR count). The van der Waals surface area contributed by atoms with Crippen molar-refractivity contribution in [1.82, 2.24) is 4.98 Å². The second-order valence-corrected chi connectivity index (χ2v) is 3.32. The Labute approximate surface area is 86.1 Å². The van der Waals surface area contributed by atoms with Crippen LogP contribution in [0.2, 0.25) is 5.02 Å². The van der Waals surface area contributed by atoms with E-state index in [1.165, 1.54) is 6.20 Å². The van der Waals surface area contributed by atoms with Gasteiger partial charge in [0, 0.05) is 11.6 Å². The van der Waals surface area contributed by atoms with E-state index in [2.05, 4.69) is 4.98 Å². The van der Waals surface area contributed by atoms with Gasteiger partial charge in [0.2, 0.25) is 0 Å². The summed E-state index contributed by atoms with van der Waals surface area (Å²) in [5.74, 6) is 0. The molecule has 0 saturated carbocycles. The van der Waals surface area contributed by atoms with Crippen LogP contribution >= 0.6 is 11.6 Å². The van der Waals surface area contributed by atoms with E-state index in [-0.39, 0.29) is 0 Å². The average Bonchev–Trinajstić information content (AvgIpc) is 2.17. The lowest BCUT2D eigenvalue weighted by Gasteiger charge is -2.04. The van der Waals surface area contributed by atoms with Crippen molar-refractivity contribution >= 4 is 35.1 Å². The number of aromatic nitrogens is 1. The number of nitrogens with zero attached hydrogens (tertiary/aromatic N) is 1. The highest BCUT2D eigenvalue weighted by molar-refractivity contribution is 6.62. The van der Waals surface area contributed by atoms with Gasteiger partial charge >= 0.3 is 7.12 Å². The Bertz CT molecular complexity index is 475. The van der Waals surface area contributed by atoms with Crippen LogP contribution in [0.4, 0.5) is 0 Å². The van der Waals surface area contributed by atoms with Crippen LogP contribution in [0.5, 0.6) is 0 Å². The number of fused-ring (bicyclic) bond motifs is 1. The summed E-state index contributed by atoms with van der Waals surface area (Å²) in [4.78, 5) is 4.07. The summed E-state index contributed by atoms with van der Waals surface area (Å²) in [6, 6.07) is 6.77. The molecule has 0 radical (unpaired) electrons. The standard InChI is InChI=1S/C9H7BClNO2/c11-8-3-1-2-6-7(10(13)14)4-5-12-9(6)8/h1-5,13-14H. The van der Waals surface area contributed by atoms with Gasteiger partial charge in [-0.1, -0.05) is 23.7 Å². The molecule has 0 fully saturated rings. The Morgan fingerprint density at radius 1 is 1.21 bits per heavy atom. The molecule has 3 nitrogen and oxygen atoms in total. The number of rotatable bonds is 1. The van der Waals surface area contributed by atoms with Crippen LogP contribution < -0.4 is 5.46 Å².